The van der Waals surface area contributed by atoms with Gasteiger partial charge in [-0.2, -0.15) is 0 Å². The molecule has 1 aliphatic carbocycles. The van der Waals surface area contributed by atoms with Crippen LogP contribution in [0, 0.1) is 0 Å². The number of piperidine rings is 1. The Hall–Kier alpha value is -2.73. The Labute approximate surface area is 234 Å². The lowest BCUT2D eigenvalue weighted by atomic mass is 9.78. The number of likely N-dealkylation sites (tertiary alicyclic amines) is 1. The Morgan fingerprint density at radius 2 is 1.73 bits per heavy atom. The molecule has 1 saturated heterocycles. The first-order valence-electron chi connectivity index (χ1n) is 13.0. The van der Waals surface area contributed by atoms with Crippen molar-refractivity contribution in [3.63, 3.8) is 0 Å². The highest BCUT2D eigenvalue weighted by molar-refractivity contribution is 9.10. The van der Waals surface area contributed by atoms with E-state index in [4.69, 9.17) is 4.98 Å². The summed E-state index contributed by atoms with van der Waals surface area (Å²) < 4.78 is 1.11. The predicted molar refractivity (Wildman–Crippen MR) is 158 cm³/mol. The van der Waals surface area contributed by atoms with Crippen molar-refractivity contribution >= 4 is 40.0 Å². The Kier molecular flexibility index (Phi) is 8.23. The Morgan fingerprint density at radius 1 is 0.919 bits per heavy atom. The highest BCUT2D eigenvalue weighted by Gasteiger charge is 2.27. The minimum absolute atomic E-state index is 0. The van der Waals surface area contributed by atoms with E-state index in [1.165, 1.54) is 60.2 Å². The zero-order valence-corrected chi connectivity index (χ0v) is 23.3. The molecule has 6 rings (SSSR count). The van der Waals surface area contributed by atoms with Crippen LogP contribution in [0.3, 0.4) is 0 Å². The van der Waals surface area contributed by atoms with E-state index in [0.717, 1.165) is 35.2 Å². The molecule has 0 bridgehead atoms. The van der Waals surface area contributed by atoms with E-state index in [0.29, 0.717) is 11.9 Å². The number of nitrogens with one attached hydrogen (secondary N) is 1. The van der Waals surface area contributed by atoms with Gasteiger partial charge in [0.2, 0.25) is 5.95 Å². The van der Waals surface area contributed by atoms with Crippen molar-refractivity contribution in [3.8, 4) is 11.3 Å². The Balaban J connectivity index is 0.00000280. The van der Waals surface area contributed by atoms with Crippen molar-refractivity contribution < 1.29 is 0 Å². The minimum atomic E-state index is 0. The van der Waals surface area contributed by atoms with Crippen LogP contribution in [0.5, 0.6) is 0 Å². The third-order valence-corrected chi connectivity index (χ3v) is 8.00. The number of nitrogens with zero attached hydrogens (tertiary/aromatic N) is 3. The van der Waals surface area contributed by atoms with E-state index in [9.17, 15) is 0 Å². The molecule has 6 heteroatoms. The fourth-order valence-corrected chi connectivity index (χ4v) is 5.99. The van der Waals surface area contributed by atoms with Gasteiger partial charge in [0.15, 0.2) is 0 Å². The first-order valence-corrected chi connectivity index (χ1v) is 13.8. The summed E-state index contributed by atoms with van der Waals surface area (Å²) in [7, 11) is 0. The van der Waals surface area contributed by atoms with Gasteiger partial charge in [0.25, 0.3) is 0 Å². The highest BCUT2D eigenvalue weighted by Crippen LogP contribution is 2.42. The summed E-state index contributed by atoms with van der Waals surface area (Å²) in [6, 6.07) is 26.0. The van der Waals surface area contributed by atoms with Gasteiger partial charge in [-0.25, -0.2) is 9.97 Å². The molecule has 37 heavy (non-hydrogen) atoms. The molecule has 0 radical (unpaired) electrons. The average molecular weight is 576 g/mol. The number of anilines is 2. The van der Waals surface area contributed by atoms with Crippen LogP contribution >= 0.6 is 28.3 Å². The Bertz CT molecular complexity index is 1350. The summed E-state index contributed by atoms with van der Waals surface area (Å²) in [5, 5.41) is 3.43. The third kappa shape index (κ3) is 5.90. The number of rotatable bonds is 6. The van der Waals surface area contributed by atoms with E-state index >= 15 is 0 Å². The lowest BCUT2D eigenvalue weighted by Crippen LogP contribution is -2.31. The summed E-state index contributed by atoms with van der Waals surface area (Å²) in [4.78, 5) is 12.3. The monoisotopic (exact) mass is 574 g/mol. The van der Waals surface area contributed by atoms with Gasteiger partial charge in [-0.05, 0) is 85.3 Å². The number of hydrogen-bond donors (Lipinski definition) is 1. The lowest BCUT2D eigenvalue weighted by molar-refractivity contribution is 0.231. The van der Waals surface area contributed by atoms with Crippen LogP contribution in [0.2, 0.25) is 0 Å². The topological polar surface area (TPSA) is 41.1 Å². The van der Waals surface area contributed by atoms with Crippen LogP contribution in [-0.4, -0.2) is 34.5 Å². The quantitative estimate of drug-likeness (QED) is 0.255. The van der Waals surface area contributed by atoms with Gasteiger partial charge in [0.1, 0.15) is 0 Å². The molecule has 1 N–H and O–H groups in total. The number of fused-ring (bicyclic) bond motifs is 3. The van der Waals surface area contributed by atoms with E-state index in [1.807, 2.05) is 6.20 Å². The molecule has 190 valence electrons. The van der Waals surface area contributed by atoms with Crippen molar-refractivity contribution in [3.05, 3.63) is 106 Å². The molecular weight excluding hydrogens is 544 g/mol. The second kappa shape index (κ2) is 11.8. The second-order valence-corrected chi connectivity index (χ2v) is 10.9. The summed E-state index contributed by atoms with van der Waals surface area (Å²) in [6.07, 6.45) is 8.08. The average Bonchev–Trinajstić information content (AvgIpc) is 2.93. The first kappa shape index (κ1) is 25.9. The molecule has 1 aromatic heterocycles. The zero-order valence-electron chi connectivity index (χ0n) is 20.9. The van der Waals surface area contributed by atoms with Gasteiger partial charge in [0, 0.05) is 34.4 Å². The van der Waals surface area contributed by atoms with Crippen molar-refractivity contribution in [2.45, 2.75) is 38.0 Å². The van der Waals surface area contributed by atoms with E-state index in [2.05, 4.69) is 104 Å². The standard InChI is InChI=1S/C31H31BrN4.ClH/c32-25-8-6-7-23(19-25)29-20-24-21-33-31(35-30(24)28-10-3-2-9-27(28)29)34-26-13-11-22(12-14-26)15-18-36-16-4-1-5-17-36;/h2-3,6-14,19,21,29H,1,4-5,15-18,20H2,(H,33,34,35);1H/t29-;/m0./s1. The maximum Gasteiger partial charge on any atom is 0.227 e. The van der Waals surface area contributed by atoms with Crippen LogP contribution < -0.4 is 5.32 Å². The SMILES string of the molecule is Brc1cccc([C@@H]2Cc3cnc(Nc4ccc(CCN5CCCCC5)cc4)nc3-c3ccccc32)c1.Cl. The predicted octanol–water partition coefficient (Wildman–Crippen LogP) is 7.79. The second-order valence-electron chi connectivity index (χ2n) is 9.94. The highest BCUT2D eigenvalue weighted by atomic mass is 79.9. The van der Waals surface area contributed by atoms with Crippen molar-refractivity contribution in [1.82, 2.24) is 14.9 Å². The minimum Gasteiger partial charge on any atom is -0.324 e. The zero-order chi connectivity index (χ0) is 24.3. The Morgan fingerprint density at radius 3 is 2.54 bits per heavy atom. The lowest BCUT2D eigenvalue weighted by Gasteiger charge is -2.27. The van der Waals surface area contributed by atoms with Crippen LogP contribution in [0.25, 0.3) is 11.3 Å². The normalized spacial score (nSPS) is 16.8. The smallest absolute Gasteiger partial charge is 0.227 e. The molecule has 4 nitrogen and oxygen atoms in total. The summed E-state index contributed by atoms with van der Waals surface area (Å²) in [5.74, 6) is 0.941. The molecule has 1 atom stereocenters. The van der Waals surface area contributed by atoms with Gasteiger partial charge in [0.05, 0.1) is 5.69 Å². The molecule has 0 spiro atoms. The van der Waals surface area contributed by atoms with Gasteiger partial charge in [-0.1, -0.05) is 70.9 Å². The van der Waals surface area contributed by atoms with Crippen LogP contribution in [0.1, 0.15) is 47.4 Å². The van der Waals surface area contributed by atoms with Gasteiger partial charge in [-0.15, -0.1) is 12.4 Å². The third-order valence-electron chi connectivity index (χ3n) is 7.51. The van der Waals surface area contributed by atoms with E-state index < -0.39 is 0 Å². The fourth-order valence-electron chi connectivity index (χ4n) is 5.57. The maximum absolute atomic E-state index is 4.98. The molecule has 2 heterocycles. The summed E-state index contributed by atoms with van der Waals surface area (Å²) in [6.45, 7) is 3.66. The summed E-state index contributed by atoms with van der Waals surface area (Å²) >= 11 is 3.64. The fraction of sp³-hybridized carbons (Fsp3) is 0.290. The number of halogens is 2. The van der Waals surface area contributed by atoms with Crippen LogP contribution in [-0.2, 0) is 12.8 Å². The number of aromatic nitrogens is 2. The van der Waals surface area contributed by atoms with Crippen molar-refractivity contribution in [1.29, 1.82) is 0 Å². The van der Waals surface area contributed by atoms with Gasteiger partial charge >= 0.3 is 0 Å². The summed E-state index contributed by atoms with van der Waals surface area (Å²) in [5.41, 5.74) is 8.46. The molecule has 3 aromatic carbocycles. The van der Waals surface area contributed by atoms with Crippen LogP contribution in [0.15, 0.2) is 83.5 Å². The molecule has 0 unspecified atom stereocenters. The molecule has 1 fully saturated rings. The molecule has 0 saturated carbocycles. The largest absolute Gasteiger partial charge is 0.324 e. The first-order chi connectivity index (χ1) is 17.7. The molecule has 2 aliphatic rings. The number of hydrogen-bond acceptors (Lipinski definition) is 4. The molecular formula is C31H32BrClN4. The van der Waals surface area contributed by atoms with Crippen molar-refractivity contribution in [2.24, 2.45) is 0 Å². The van der Waals surface area contributed by atoms with Gasteiger partial charge in [-0.3, -0.25) is 0 Å². The molecule has 1 aliphatic heterocycles. The molecule has 0 amide bonds. The van der Waals surface area contributed by atoms with E-state index in [1.54, 1.807) is 0 Å². The van der Waals surface area contributed by atoms with E-state index in [-0.39, 0.29) is 12.4 Å². The van der Waals surface area contributed by atoms with Gasteiger partial charge < -0.3 is 10.2 Å². The maximum atomic E-state index is 4.98. The molecule has 4 aromatic rings. The number of benzene rings is 3. The van der Waals surface area contributed by atoms with Crippen LogP contribution in [0.4, 0.5) is 11.6 Å². The van der Waals surface area contributed by atoms with Crippen molar-refractivity contribution in [2.75, 3.05) is 25.0 Å².